The highest BCUT2D eigenvalue weighted by atomic mass is 35.5. The van der Waals surface area contributed by atoms with Crippen LogP contribution in [0, 0.1) is 10.8 Å². The molecule has 0 saturated heterocycles. The number of nitrogens with zero attached hydrogens (tertiary/aromatic N) is 1. The Morgan fingerprint density at radius 1 is 0.833 bits per heavy atom. The molecular formula is C34H36ClNO6. The molecule has 0 atom stereocenters. The van der Waals surface area contributed by atoms with Crippen molar-refractivity contribution in [2.45, 2.75) is 59.3 Å². The first-order valence-electron chi connectivity index (χ1n) is 14.2. The van der Waals surface area contributed by atoms with E-state index in [1.165, 1.54) is 0 Å². The van der Waals surface area contributed by atoms with E-state index in [2.05, 4.69) is 0 Å². The quantitative estimate of drug-likeness (QED) is 0.270. The van der Waals surface area contributed by atoms with E-state index in [0.717, 1.165) is 17.0 Å². The van der Waals surface area contributed by atoms with E-state index in [4.69, 9.17) is 21.1 Å². The number of carbonyl (C=O) groups is 4. The van der Waals surface area contributed by atoms with E-state index >= 15 is 0 Å². The highest BCUT2D eigenvalue weighted by Crippen LogP contribution is 2.54. The highest BCUT2D eigenvalue weighted by Gasteiger charge is 2.49. The van der Waals surface area contributed by atoms with Crippen molar-refractivity contribution >= 4 is 34.9 Å². The van der Waals surface area contributed by atoms with Gasteiger partial charge >= 0.3 is 5.97 Å². The van der Waals surface area contributed by atoms with Crippen molar-refractivity contribution in [1.82, 2.24) is 4.90 Å². The predicted molar refractivity (Wildman–Crippen MR) is 159 cm³/mol. The molecule has 2 aliphatic carbocycles. The lowest BCUT2D eigenvalue weighted by atomic mass is 9.63. The standard InChI is InChI=1S/C34H36ClNO6/c1-33(2)14-24-31(26(37)16-33)30(21-8-12-23(41-5)13-9-21)32-25(15-34(3,4)17-27(32)38)36(24)18-29(40)42-19-28(39)20-6-10-22(35)11-7-20/h6-13,30H,14-19H2,1-5H3. The van der Waals surface area contributed by atoms with Crippen LogP contribution in [0.3, 0.4) is 0 Å². The first-order valence-corrected chi connectivity index (χ1v) is 14.5. The zero-order valence-corrected chi connectivity index (χ0v) is 25.5. The Morgan fingerprint density at radius 2 is 1.36 bits per heavy atom. The number of methoxy groups -OCH3 is 1. The summed E-state index contributed by atoms with van der Waals surface area (Å²) in [5.74, 6) is -0.841. The molecule has 1 aliphatic heterocycles. The summed E-state index contributed by atoms with van der Waals surface area (Å²) in [6.45, 7) is 7.54. The summed E-state index contributed by atoms with van der Waals surface area (Å²) < 4.78 is 10.8. The third-order valence-electron chi connectivity index (χ3n) is 8.29. The van der Waals surface area contributed by atoms with Crippen molar-refractivity contribution in [3.8, 4) is 5.75 Å². The monoisotopic (exact) mass is 589 g/mol. The SMILES string of the molecule is COc1ccc(C2C3=C(CC(C)(C)CC3=O)N(CC(=O)OCC(=O)c3ccc(Cl)cc3)C3=C2C(=O)CC(C)(C)C3)cc1. The molecule has 1 heterocycles. The Hall–Kier alpha value is -3.71. The lowest BCUT2D eigenvalue weighted by Gasteiger charge is -2.48. The second-order valence-corrected chi connectivity index (χ2v) is 13.4. The van der Waals surface area contributed by atoms with E-state index in [0.29, 0.717) is 53.2 Å². The van der Waals surface area contributed by atoms with E-state index < -0.39 is 18.5 Å². The van der Waals surface area contributed by atoms with Crippen molar-refractivity contribution in [1.29, 1.82) is 0 Å². The summed E-state index contributed by atoms with van der Waals surface area (Å²) in [5, 5.41) is 0.504. The van der Waals surface area contributed by atoms with Crippen molar-refractivity contribution in [2.75, 3.05) is 20.3 Å². The van der Waals surface area contributed by atoms with Crippen LogP contribution in [0.15, 0.2) is 71.1 Å². The van der Waals surface area contributed by atoms with Crippen LogP contribution in [0.4, 0.5) is 0 Å². The van der Waals surface area contributed by atoms with Gasteiger partial charge in [-0.3, -0.25) is 19.2 Å². The fraction of sp³-hybridized carbons (Fsp3) is 0.412. The van der Waals surface area contributed by atoms with E-state index in [-0.39, 0.29) is 34.7 Å². The van der Waals surface area contributed by atoms with Gasteiger partial charge in [-0.2, -0.15) is 0 Å². The zero-order valence-electron chi connectivity index (χ0n) is 24.7. The van der Waals surface area contributed by atoms with Gasteiger partial charge in [0.1, 0.15) is 12.3 Å². The van der Waals surface area contributed by atoms with E-state index in [1.807, 2.05) is 56.9 Å². The summed E-state index contributed by atoms with van der Waals surface area (Å²) in [7, 11) is 1.59. The number of benzene rings is 2. The smallest absolute Gasteiger partial charge is 0.326 e. The Morgan fingerprint density at radius 3 is 1.86 bits per heavy atom. The molecule has 5 rings (SSSR count). The number of allylic oxidation sites excluding steroid dienone is 4. The number of rotatable bonds is 7. The lowest BCUT2D eigenvalue weighted by Crippen LogP contribution is -2.46. The van der Waals surface area contributed by atoms with Crippen molar-refractivity contribution in [3.63, 3.8) is 0 Å². The van der Waals surface area contributed by atoms with Gasteiger partial charge in [-0.15, -0.1) is 0 Å². The number of ether oxygens (including phenoxy) is 2. The fourth-order valence-corrected chi connectivity index (χ4v) is 6.53. The molecule has 3 aliphatic rings. The maximum atomic E-state index is 13.9. The summed E-state index contributed by atoms with van der Waals surface area (Å²) in [6.07, 6.45) is 1.80. The van der Waals surface area contributed by atoms with E-state index in [1.54, 1.807) is 31.4 Å². The van der Waals surface area contributed by atoms with Crippen LogP contribution in [0.2, 0.25) is 5.02 Å². The molecule has 0 amide bonds. The van der Waals surface area contributed by atoms with Crippen molar-refractivity contribution in [3.05, 3.63) is 87.2 Å². The molecule has 0 aromatic heterocycles. The molecule has 42 heavy (non-hydrogen) atoms. The largest absolute Gasteiger partial charge is 0.497 e. The number of esters is 1. The molecule has 7 nitrogen and oxygen atoms in total. The van der Waals surface area contributed by atoms with Crippen LogP contribution in [0.25, 0.3) is 0 Å². The molecule has 0 spiro atoms. The molecule has 0 unspecified atom stereocenters. The molecule has 2 aromatic carbocycles. The van der Waals surface area contributed by atoms with Gasteiger partial charge in [-0.1, -0.05) is 51.4 Å². The number of carbonyl (C=O) groups excluding carboxylic acids is 4. The maximum Gasteiger partial charge on any atom is 0.326 e. The lowest BCUT2D eigenvalue weighted by molar-refractivity contribution is -0.143. The number of hydrogen-bond donors (Lipinski definition) is 0. The van der Waals surface area contributed by atoms with Crippen LogP contribution >= 0.6 is 11.6 Å². The predicted octanol–water partition coefficient (Wildman–Crippen LogP) is 6.46. The zero-order chi connectivity index (χ0) is 30.4. The molecule has 2 aromatic rings. The second kappa shape index (κ2) is 11.2. The highest BCUT2D eigenvalue weighted by molar-refractivity contribution is 6.30. The Labute approximate surface area is 251 Å². The minimum Gasteiger partial charge on any atom is -0.497 e. The number of ketones is 3. The van der Waals surface area contributed by atoms with Crippen LogP contribution in [0.5, 0.6) is 5.75 Å². The summed E-state index contributed by atoms with van der Waals surface area (Å²) in [5.41, 5.74) is 3.20. The van der Waals surface area contributed by atoms with Crippen LogP contribution in [-0.4, -0.2) is 48.5 Å². The van der Waals surface area contributed by atoms with Crippen LogP contribution in [0.1, 0.15) is 75.2 Å². The van der Waals surface area contributed by atoms with E-state index in [9.17, 15) is 19.2 Å². The fourth-order valence-electron chi connectivity index (χ4n) is 6.41. The third-order valence-corrected chi connectivity index (χ3v) is 8.54. The number of Topliss-reactive ketones (excluding diaryl/α,β-unsaturated/α-hetero) is 3. The number of hydrogen-bond acceptors (Lipinski definition) is 7. The average Bonchev–Trinajstić information content (AvgIpc) is 2.91. The van der Waals surface area contributed by atoms with Gasteiger partial charge in [0.05, 0.1) is 7.11 Å². The minimum atomic E-state index is -0.606. The molecule has 0 saturated carbocycles. The van der Waals surface area contributed by atoms with Crippen LogP contribution in [-0.2, 0) is 19.1 Å². The van der Waals surface area contributed by atoms with Crippen LogP contribution < -0.4 is 4.74 Å². The summed E-state index contributed by atoms with van der Waals surface area (Å²) in [6, 6.07) is 13.9. The first kappa shape index (κ1) is 29.8. The Balaban J connectivity index is 1.54. The maximum absolute atomic E-state index is 13.9. The molecule has 0 bridgehead atoms. The molecule has 220 valence electrons. The Kier molecular flexibility index (Phi) is 7.92. The van der Waals surface area contributed by atoms with Gasteiger partial charge in [0.15, 0.2) is 24.0 Å². The van der Waals surface area contributed by atoms with Gasteiger partial charge in [0, 0.05) is 51.9 Å². The van der Waals surface area contributed by atoms with Gasteiger partial charge in [-0.05, 0) is 65.6 Å². The van der Waals surface area contributed by atoms with Gasteiger partial charge in [-0.25, -0.2) is 0 Å². The average molecular weight is 590 g/mol. The number of halogens is 1. The summed E-state index contributed by atoms with van der Waals surface area (Å²) in [4.78, 5) is 55.5. The van der Waals surface area contributed by atoms with Gasteiger partial charge < -0.3 is 14.4 Å². The third kappa shape index (κ3) is 5.93. The van der Waals surface area contributed by atoms with Crippen molar-refractivity contribution < 1.29 is 28.7 Å². The molecule has 0 N–H and O–H groups in total. The molecule has 0 fully saturated rings. The van der Waals surface area contributed by atoms with Gasteiger partial charge in [0.25, 0.3) is 0 Å². The minimum absolute atomic E-state index is 0.0254. The Bertz CT molecular complexity index is 1460. The topological polar surface area (TPSA) is 90.0 Å². The van der Waals surface area contributed by atoms with Gasteiger partial charge in [0.2, 0.25) is 0 Å². The van der Waals surface area contributed by atoms with Crippen molar-refractivity contribution in [2.24, 2.45) is 10.8 Å². The first-order chi connectivity index (χ1) is 19.8. The molecular weight excluding hydrogens is 554 g/mol. The molecule has 8 heteroatoms. The second-order valence-electron chi connectivity index (χ2n) is 13.0. The summed E-state index contributed by atoms with van der Waals surface area (Å²) >= 11 is 5.92. The molecule has 0 radical (unpaired) electrons. The normalized spacial score (nSPS) is 19.8.